The summed E-state index contributed by atoms with van der Waals surface area (Å²) in [7, 11) is -3.53. The van der Waals surface area contributed by atoms with Crippen LogP contribution in [-0.2, 0) is 9.84 Å². The molecular weight excluding hydrogens is 409 g/mol. The lowest BCUT2D eigenvalue weighted by Crippen LogP contribution is -2.31. The Bertz CT molecular complexity index is 1130. The highest BCUT2D eigenvalue weighted by Gasteiger charge is 2.36. The standard InChI is InChI=1S/C19H15ClFNO3S2/c20-13-1-4-15(5-2-13)27(24,25)16-7-8-22(11-16)19(23)18-10-12-9-14(21)3-6-17(12)26-18/h1-6,9-10,16H,7-8,11H2/t16-/m0/s1. The molecule has 3 aromatic rings. The van der Waals surface area contributed by atoms with E-state index in [2.05, 4.69) is 0 Å². The molecule has 0 spiro atoms. The van der Waals surface area contributed by atoms with Crippen molar-refractivity contribution in [2.24, 2.45) is 0 Å². The molecule has 0 saturated carbocycles. The Labute approximate surface area is 165 Å². The number of sulfone groups is 1. The number of carbonyl (C=O) groups excluding carboxylic acids is 1. The van der Waals surface area contributed by atoms with Crippen molar-refractivity contribution in [3.05, 3.63) is 64.2 Å². The summed E-state index contributed by atoms with van der Waals surface area (Å²) < 4.78 is 39.8. The van der Waals surface area contributed by atoms with Gasteiger partial charge in [-0.05, 0) is 60.3 Å². The second-order valence-electron chi connectivity index (χ2n) is 6.45. The van der Waals surface area contributed by atoms with Crippen LogP contribution in [0.2, 0.25) is 5.02 Å². The molecule has 2 aromatic carbocycles. The number of halogens is 2. The van der Waals surface area contributed by atoms with Gasteiger partial charge in [0.05, 0.1) is 15.0 Å². The molecule has 0 radical (unpaired) electrons. The van der Waals surface area contributed by atoms with E-state index in [-0.39, 0.29) is 23.2 Å². The molecule has 1 saturated heterocycles. The molecule has 0 N–H and O–H groups in total. The number of carbonyl (C=O) groups is 1. The average molecular weight is 424 g/mol. The first-order valence-electron chi connectivity index (χ1n) is 8.32. The molecule has 140 valence electrons. The zero-order valence-electron chi connectivity index (χ0n) is 14.1. The molecule has 4 nitrogen and oxygen atoms in total. The molecule has 1 fully saturated rings. The van der Waals surface area contributed by atoms with Crippen molar-refractivity contribution in [1.29, 1.82) is 0 Å². The van der Waals surface area contributed by atoms with Crippen molar-refractivity contribution < 1.29 is 17.6 Å². The molecule has 1 atom stereocenters. The average Bonchev–Trinajstić information content (AvgIpc) is 3.28. The highest BCUT2D eigenvalue weighted by Crippen LogP contribution is 2.30. The highest BCUT2D eigenvalue weighted by molar-refractivity contribution is 7.92. The van der Waals surface area contributed by atoms with Crippen molar-refractivity contribution in [2.45, 2.75) is 16.6 Å². The molecule has 0 bridgehead atoms. The molecule has 1 aromatic heterocycles. The smallest absolute Gasteiger partial charge is 0.264 e. The van der Waals surface area contributed by atoms with Gasteiger partial charge in [-0.15, -0.1) is 11.3 Å². The van der Waals surface area contributed by atoms with E-state index in [0.29, 0.717) is 28.3 Å². The zero-order valence-corrected chi connectivity index (χ0v) is 16.5. The van der Waals surface area contributed by atoms with Crippen molar-refractivity contribution in [2.75, 3.05) is 13.1 Å². The van der Waals surface area contributed by atoms with E-state index in [0.717, 1.165) is 4.70 Å². The normalized spacial score (nSPS) is 17.6. The number of likely N-dealkylation sites (tertiary alicyclic amines) is 1. The van der Waals surface area contributed by atoms with E-state index in [1.165, 1.54) is 35.6 Å². The van der Waals surface area contributed by atoms with Crippen LogP contribution in [0, 0.1) is 5.82 Å². The highest BCUT2D eigenvalue weighted by atomic mass is 35.5. The molecule has 8 heteroatoms. The fourth-order valence-electron chi connectivity index (χ4n) is 3.26. The van der Waals surface area contributed by atoms with Gasteiger partial charge in [0.2, 0.25) is 0 Å². The van der Waals surface area contributed by atoms with Crippen molar-refractivity contribution in [3.63, 3.8) is 0 Å². The van der Waals surface area contributed by atoms with Crippen molar-refractivity contribution in [3.8, 4) is 0 Å². The van der Waals surface area contributed by atoms with Crippen LogP contribution in [0.25, 0.3) is 10.1 Å². The Kier molecular flexibility index (Phi) is 4.70. The van der Waals surface area contributed by atoms with Crippen LogP contribution in [0.4, 0.5) is 4.39 Å². The lowest BCUT2D eigenvalue weighted by atomic mass is 10.2. The Morgan fingerprint density at radius 3 is 2.63 bits per heavy atom. The van der Waals surface area contributed by atoms with Crippen LogP contribution in [0.5, 0.6) is 0 Å². The summed E-state index contributed by atoms with van der Waals surface area (Å²) in [5.41, 5.74) is 0. The van der Waals surface area contributed by atoms with Gasteiger partial charge in [0.15, 0.2) is 9.84 Å². The predicted octanol–water partition coefficient (Wildman–Crippen LogP) is 4.38. The first-order valence-corrected chi connectivity index (χ1v) is 11.1. The first-order chi connectivity index (χ1) is 12.8. The van der Waals surface area contributed by atoms with Crippen LogP contribution in [0.15, 0.2) is 53.4 Å². The lowest BCUT2D eigenvalue weighted by molar-refractivity contribution is 0.0798. The predicted molar refractivity (Wildman–Crippen MR) is 105 cm³/mol. The van der Waals surface area contributed by atoms with E-state index in [1.54, 1.807) is 29.2 Å². The molecule has 1 amide bonds. The van der Waals surface area contributed by atoms with Crippen LogP contribution >= 0.6 is 22.9 Å². The maximum Gasteiger partial charge on any atom is 0.264 e. The number of nitrogens with zero attached hydrogens (tertiary/aromatic N) is 1. The van der Waals surface area contributed by atoms with Crippen LogP contribution in [-0.4, -0.2) is 37.6 Å². The number of amides is 1. The Morgan fingerprint density at radius 1 is 1.15 bits per heavy atom. The SMILES string of the molecule is O=C(c1cc2cc(F)ccc2s1)N1CC[C@H](S(=O)(=O)c2ccc(Cl)cc2)C1. The maximum atomic E-state index is 13.4. The van der Waals surface area contributed by atoms with Gasteiger partial charge >= 0.3 is 0 Å². The van der Waals surface area contributed by atoms with Crippen molar-refractivity contribution >= 4 is 48.8 Å². The second kappa shape index (κ2) is 6.89. The first kappa shape index (κ1) is 18.4. The van der Waals surface area contributed by atoms with E-state index in [9.17, 15) is 17.6 Å². The fraction of sp³-hybridized carbons (Fsp3) is 0.211. The fourth-order valence-corrected chi connectivity index (χ4v) is 6.09. The molecule has 0 aliphatic carbocycles. The Hall–Kier alpha value is -1.96. The summed E-state index contributed by atoms with van der Waals surface area (Å²) >= 11 is 7.11. The van der Waals surface area contributed by atoms with E-state index in [4.69, 9.17) is 11.6 Å². The lowest BCUT2D eigenvalue weighted by Gasteiger charge is -2.16. The van der Waals surface area contributed by atoms with Gasteiger partial charge in [0, 0.05) is 22.8 Å². The van der Waals surface area contributed by atoms with Gasteiger partial charge in [-0.25, -0.2) is 12.8 Å². The minimum Gasteiger partial charge on any atom is -0.337 e. The molecule has 1 aliphatic rings. The molecular formula is C19H15ClFNO3S2. The van der Waals surface area contributed by atoms with Gasteiger partial charge in [-0.2, -0.15) is 0 Å². The van der Waals surface area contributed by atoms with Crippen LogP contribution < -0.4 is 0 Å². The molecule has 1 aliphatic heterocycles. The topological polar surface area (TPSA) is 54.5 Å². The van der Waals surface area contributed by atoms with E-state index < -0.39 is 15.1 Å². The largest absolute Gasteiger partial charge is 0.337 e. The van der Waals surface area contributed by atoms with Crippen molar-refractivity contribution in [1.82, 2.24) is 4.90 Å². The summed E-state index contributed by atoms with van der Waals surface area (Å²) in [6.45, 7) is 0.519. The minimum atomic E-state index is -3.53. The molecule has 0 unspecified atom stereocenters. The third kappa shape index (κ3) is 3.47. The summed E-state index contributed by atoms with van der Waals surface area (Å²) in [5, 5.41) is 0.501. The summed E-state index contributed by atoms with van der Waals surface area (Å²) in [5.74, 6) is -0.569. The number of hydrogen-bond acceptors (Lipinski definition) is 4. The minimum absolute atomic E-state index is 0.145. The van der Waals surface area contributed by atoms with Gasteiger partial charge in [-0.1, -0.05) is 11.6 Å². The van der Waals surface area contributed by atoms with E-state index >= 15 is 0 Å². The quantitative estimate of drug-likeness (QED) is 0.628. The Balaban J connectivity index is 1.54. The summed E-state index contributed by atoms with van der Waals surface area (Å²) in [6.07, 6.45) is 0.385. The summed E-state index contributed by atoms with van der Waals surface area (Å²) in [6, 6.07) is 12.1. The monoisotopic (exact) mass is 423 g/mol. The van der Waals surface area contributed by atoms with Gasteiger partial charge < -0.3 is 4.90 Å². The van der Waals surface area contributed by atoms with E-state index in [1.807, 2.05) is 0 Å². The third-order valence-corrected chi connectivity index (χ3v) is 8.25. The number of thiophene rings is 1. The number of fused-ring (bicyclic) bond motifs is 1. The number of benzene rings is 2. The van der Waals surface area contributed by atoms with Gasteiger partial charge in [-0.3, -0.25) is 4.79 Å². The second-order valence-corrected chi connectivity index (χ2v) is 10.2. The number of rotatable bonds is 3. The molecule has 4 rings (SSSR count). The van der Waals surface area contributed by atoms with Gasteiger partial charge in [0.1, 0.15) is 5.82 Å². The molecule has 27 heavy (non-hydrogen) atoms. The van der Waals surface area contributed by atoms with Crippen LogP contribution in [0.3, 0.4) is 0 Å². The number of hydrogen-bond donors (Lipinski definition) is 0. The zero-order chi connectivity index (χ0) is 19.2. The van der Waals surface area contributed by atoms with Crippen LogP contribution in [0.1, 0.15) is 16.1 Å². The maximum absolute atomic E-state index is 13.4. The van der Waals surface area contributed by atoms with Gasteiger partial charge in [0.25, 0.3) is 5.91 Å². The third-order valence-electron chi connectivity index (χ3n) is 4.70. The summed E-state index contributed by atoms with van der Waals surface area (Å²) in [4.78, 5) is 15.0. The molecule has 2 heterocycles. The Morgan fingerprint density at radius 2 is 1.89 bits per heavy atom.